The number of alkyl carbamates (subject to hydrolysis) is 2. The van der Waals surface area contributed by atoms with Crippen molar-refractivity contribution in [3.8, 4) is 5.75 Å². The van der Waals surface area contributed by atoms with Crippen LogP contribution >= 0.6 is 0 Å². The Bertz CT molecular complexity index is 2190. The molecule has 3 rings (SSSR count). The van der Waals surface area contributed by atoms with Crippen LogP contribution in [0.25, 0.3) is 0 Å². The molecule has 0 fully saturated rings. The molecule has 0 aliphatic rings. The molecule has 0 bridgehead atoms. The number of amides is 7. The van der Waals surface area contributed by atoms with Gasteiger partial charge in [-0.2, -0.15) is 0 Å². The number of hydrogen-bond acceptors (Lipinski definition) is 14. The lowest BCUT2D eigenvalue weighted by molar-refractivity contribution is -0.141. The van der Waals surface area contributed by atoms with Gasteiger partial charge >= 0.3 is 24.3 Å². The molecule has 68 heavy (non-hydrogen) atoms. The zero-order valence-corrected chi connectivity index (χ0v) is 38.9. The van der Waals surface area contributed by atoms with Gasteiger partial charge in [0.1, 0.15) is 41.7 Å². The van der Waals surface area contributed by atoms with Crippen LogP contribution in [0.15, 0.2) is 84.9 Å². The first-order chi connectivity index (χ1) is 32.0. The topological polar surface area (TPSA) is 309 Å². The van der Waals surface area contributed by atoms with E-state index in [0.29, 0.717) is 16.7 Å². The molecular formula is C47H61N7O14. The van der Waals surface area contributed by atoms with Crippen LogP contribution in [-0.2, 0) is 62.4 Å². The third kappa shape index (κ3) is 22.1. The Hall–Kier alpha value is -7.55. The van der Waals surface area contributed by atoms with Crippen LogP contribution in [0, 0.1) is 0 Å². The fourth-order valence-corrected chi connectivity index (χ4v) is 5.95. The van der Waals surface area contributed by atoms with Crippen molar-refractivity contribution in [1.82, 2.24) is 31.9 Å². The number of carbonyl (C=O) groups is 9. The number of carbonyl (C=O) groups excluding carboxylic acids is 8. The molecule has 0 aromatic heterocycles. The summed E-state index contributed by atoms with van der Waals surface area (Å²) in [4.78, 5) is 115. The lowest BCUT2D eigenvalue weighted by atomic mass is 10.0. The largest absolute Gasteiger partial charge is 0.514 e. The maximum Gasteiger partial charge on any atom is 0.514 e. The number of nitrogens with two attached hydrogens (primary N) is 1. The van der Waals surface area contributed by atoms with E-state index in [1.165, 1.54) is 24.3 Å². The first-order valence-corrected chi connectivity index (χ1v) is 21.6. The quantitative estimate of drug-likeness (QED) is 0.0311. The number of carboxylic acids is 1. The van der Waals surface area contributed by atoms with Crippen LogP contribution in [-0.4, -0.2) is 107 Å². The fourth-order valence-electron chi connectivity index (χ4n) is 5.95. The van der Waals surface area contributed by atoms with Gasteiger partial charge in [-0.15, -0.1) is 0 Å². The number of rotatable bonds is 22. The third-order valence-electron chi connectivity index (χ3n) is 9.10. The molecule has 3 aromatic rings. The maximum atomic E-state index is 14.0. The zero-order chi connectivity index (χ0) is 50.4. The molecule has 21 nitrogen and oxygen atoms in total. The summed E-state index contributed by atoms with van der Waals surface area (Å²) >= 11 is 0. The van der Waals surface area contributed by atoms with E-state index in [9.17, 15) is 48.3 Å². The highest BCUT2D eigenvalue weighted by atomic mass is 16.7. The normalized spacial score (nSPS) is 12.9. The third-order valence-corrected chi connectivity index (χ3v) is 9.10. The summed E-state index contributed by atoms with van der Waals surface area (Å²) in [7, 11) is 0. The molecule has 0 saturated heterocycles. The van der Waals surface area contributed by atoms with Gasteiger partial charge in [0.2, 0.25) is 29.5 Å². The van der Waals surface area contributed by atoms with Crippen molar-refractivity contribution in [2.75, 3.05) is 13.1 Å². The lowest BCUT2D eigenvalue weighted by Gasteiger charge is -2.25. The second kappa shape index (κ2) is 26.6. The van der Waals surface area contributed by atoms with E-state index < -0.39 is 102 Å². The van der Waals surface area contributed by atoms with E-state index in [1.54, 1.807) is 102 Å². The number of aliphatic carboxylic acids is 1. The first kappa shape index (κ1) is 54.8. The SMILES string of the molecule is CC(C)(C)OC(=O)N[C@@H](Cc1ccc(OC(=O)OC(C)(C)C)cc1)C(=O)N[C@H](CCCNC(=O)[C@@H](N)CC(=O)NC(=O)OCc1ccccc1)C(=O)NCC(=O)N[C@@H](Cc1ccccc1)C(=O)O. The van der Waals surface area contributed by atoms with Gasteiger partial charge in [0.25, 0.3) is 0 Å². The van der Waals surface area contributed by atoms with Crippen molar-refractivity contribution in [1.29, 1.82) is 0 Å². The Labute approximate surface area is 393 Å². The van der Waals surface area contributed by atoms with Crippen LogP contribution in [0.5, 0.6) is 5.75 Å². The van der Waals surface area contributed by atoms with E-state index in [2.05, 4.69) is 26.6 Å². The van der Waals surface area contributed by atoms with E-state index in [-0.39, 0.29) is 44.6 Å². The number of imide groups is 1. The Morgan fingerprint density at radius 1 is 0.603 bits per heavy atom. The molecule has 0 spiro atoms. The highest BCUT2D eigenvalue weighted by Crippen LogP contribution is 2.17. The minimum atomic E-state index is -1.40. The van der Waals surface area contributed by atoms with E-state index in [4.69, 9.17) is 24.7 Å². The maximum absolute atomic E-state index is 14.0. The van der Waals surface area contributed by atoms with E-state index in [1.807, 2.05) is 5.32 Å². The summed E-state index contributed by atoms with van der Waals surface area (Å²) < 4.78 is 20.8. The molecular weight excluding hydrogens is 887 g/mol. The summed E-state index contributed by atoms with van der Waals surface area (Å²) in [6.07, 6.45) is -3.84. The number of ether oxygens (including phenoxy) is 4. The van der Waals surface area contributed by atoms with Gasteiger partial charge < -0.3 is 56.4 Å². The monoisotopic (exact) mass is 947 g/mol. The van der Waals surface area contributed by atoms with E-state index >= 15 is 0 Å². The van der Waals surface area contributed by atoms with Crippen molar-refractivity contribution in [3.05, 3.63) is 102 Å². The van der Waals surface area contributed by atoms with Gasteiger partial charge in [-0.1, -0.05) is 72.8 Å². The second-order valence-corrected chi connectivity index (χ2v) is 17.4. The van der Waals surface area contributed by atoms with Gasteiger partial charge in [-0.3, -0.25) is 29.3 Å². The molecule has 0 heterocycles. The predicted octanol–water partition coefficient (Wildman–Crippen LogP) is 2.92. The van der Waals surface area contributed by atoms with Crippen LogP contribution in [0.4, 0.5) is 14.4 Å². The summed E-state index contributed by atoms with van der Waals surface area (Å²) in [6, 6.07) is 17.8. The molecule has 3 aromatic carbocycles. The lowest BCUT2D eigenvalue weighted by Crippen LogP contribution is -2.56. The molecule has 368 valence electrons. The molecule has 4 atom stereocenters. The summed E-state index contributed by atoms with van der Waals surface area (Å²) in [5, 5.41) is 24.2. The van der Waals surface area contributed by atoms with Crippen molar-refractivity contribution >= 4 is 53.8 Å². The minimum Gasteiger partial charge on any atom is -0.480 e. The van der Waals surface area contributed by atoms with Gasteiger partial charge in [0, 0.05) is 19.4 Å². The van der Waals surface area contributed by atoms with Gasteiger partial charge in [0.15, 0.2) is 0 Å². The van der Waals surface area contributed by atoms with Crippen LogP contribution in [0.1, 0.15) is 77.5 Å². The first-order valence-electron chi connectivity index (χ1n) is 21.6. The molecule has 0 unspecified atom stereocenters. The zero-order valence-electron chi connectivity index (χ0n) is 38.9. The Kier molecular flexibility index (Phi) is 21.4. The fraction of sp³-hybridized carbons (Fsp3) is 0.426. The Morgan fingerprint density at radius 2 is 1.18 bits per heavy atom. The Balaban J connectivity index is 1.72. The van der Waals surface area contributed by atoms with Crippen molar-refractivity contribution in [2.45, 2.75) is 116 Å². The number of hydrogen-bond donors (Lipinski definition) is 8. The number of nitrogens with one attached hydrogen (secondary N) is 6. The Morgan fingerprint density at radius 3 is 1.76 bits per heavy atom. The summed E-state index contributed by atoms with van der Waals surface area (Å²) in [5.41, 5.74) is 5.96. The molecule has 0 aliphatic heterocycles. The second-order valence-electron chi connectivity index (χ2n) is 17.4. The standard InChI is InChI=1S/C47H61N7O14/c1-46(2,3)67-44(63)53-35(24-30-19-21-32(22-20-30)66-45(64)68-47(4,5)6)41(59)52-34(40(58)50-27-38(56)51-36(42(60)61)25-29-14-9-7-10-15-29)18-13-23-49-39(57)33(48)26-37(55)54-43(62)65-28-31-16-11-8-12-17-31/h7-12,14-17,19-22,33-36H,13,18,23-28,48H2,1-6H3,(H,49,57)(H,50,58)(H,51,56)(H,52,59)(H,53,63)(H,60,61)(H,54,55,62)/t33-,34+,35-,36-/m0/s1. The molecule has 21 heteroatoms. The van der Waals surface area contributed by atoms with Gasteiger partial charge in [-0.25, -0.2) is 19.2 Å². The van der Waals surface area contributed by atoms with Crippen LogP contribution < -0.4 is 42.4 Å². The van der Waals surface area contributed by atoms with Crippen molar-refractivity contribution in [3.63, 3.8) is 0 Å². The van der Waals surface area contributed by atoms with Crippen molar-refractivity contribution in [2.24, 2.45) is 5.73 Å². The van der Waals surface area contributed by atoms with Gasteiger partial charge in [0.05, 0.1) is 19.0 Å². The average Bonchev–Trinajstić information content (AvgIpc) is 3.25. The number of benzene rings is 3. The molecule has 7 amide bonds. The van der Waals surface area contributed by atoms with Gasteiger partial charge in [-0.05, 0) is 83.2 Å². The highest BCUT2D eigenvalue weighted by molar-refractivity contribution is 5.95. The van der Waals surface area contributed by atoms with Crippen molar-refractivity contribution < 1.29 is 67.2 Å². The molecule has 0 aliphatic carbocycles. The minimum absolute atomic E-state index is 0.0163. The molecule has 0 saturated carbocycles. The molecule has 9 N–H and O–H groups in total. The van der Waals surface area contributed by atoms with E-state index in [0.717, 1.165) is 0 Å². The summed E-state index contributed by atoms with van der Waals surface area (Å²) in [6.45, 7) is 8.97. The average molecular weight is 948 g/mol. The predicted molar refractivity (Wildman–Crippen MR) is 244 cm³/mol. The van der Waals surface area contributed by atoms with Crippen LogP contribution in [0.2, 0.25) is 0 Å². The van der Waals surface area contributed by atoms with Crippen LogP contribution in [0.3, 0.4) is 0 Å². The molecule has 0 radical (unpaired) electrons. The highest BCUT2D eigenvalue weighted by Gasteiger charge is 2.30. The smallest absolute Gasteiger partial charge is 0.480 e. The summed E-state index contributed by atoms with van der Waals surface area (Å²) in [5.74, 6) is -5.39. The number of carboxylic acid groups (broad SMARTS) is 1.